The average Bonchev–Trinajstić information content (AvgIpc) is 2.61. The van der Waals surface area contributed by atoms with Crippen LogP contribution in [0.15, 0.2) is 18.2 Å². The van der Waals surface area contributed by atoms with Gasteiger partial charge in [0.05, 0.1) is 6.61 Å². The highest BCUT2D eigenvalue weighted by atomic mass is 35.5. The fourth-order valence-electron chi connectivity index (χ4n) is 1.53. The zero-order chi connectivity index (χ0) is 10.7. The number of benzene rings is 1. The third kappa shape index (κ3) is 2.23. The Morgan fingerprint density at radius 2 is 2.33 bits per heavy atom. The van der Waals surface area contributed by atoms with Crippen LogP contribution in [0.4, 0.5) is 0 Å². The fourth-order valence-corrected chi connectivity index (χ4v) is 1.64. The first kappa shape index (κ1) is 10.3. The van der Waals surface area contributed by atoms with Crippen LogP contribution in [0.2, 0.25) is 0 Å². The summed E-state index contributed by atoms with van der Waals surface area (Å²) < 4.78 is 5.46. The van der Waals surface area contributed by atoms with Gasteiger partial charge in [0.15, 0.2) is 0 Å². The van der Waals surface area contributed by atoms with Gasteiger partial charge in [0.1, 0.15) is 5.75 Å². The van der Waals surface area contributed by atoms with E-state index in [1.54, 1.807) is 6.07 Å². The number of amides is 1. The van der Waals surface area contributed by atoms with Crippen LogP contribution < -0.4 is 10.1 Å². The predicted octanol–water partition coefficient (Wildman–Crippen LogP) is 1.94. The van der Waals surface area contributed by atoms with Crippen LogP contribution >= 0.6 is 11.6 Å². The summed E-state index contributed by atoms with van der Waals surface area (Å²) in [6.45, 7) is 1.21. The maximum atomic E-state index is 11.4. The molecule has 0 aliphatic carbocycles. The normalized spacial score (nSPS) is 13.5. The molecule has 1 aromatic rings. The van der Waals surface area contributed by atoms with Crippen LogP contribution in [0.25, 0.3) is 0 Å². The molecule has 0 fully saturated rings. The number of fused-ring (bicyclic) bond motifs is 1. The Morgan fingerprint density at radius 3 is 3.13 bits per heavy atom. The summed E-state index contributed by atoms with van der Waals surface area (Å²) in [6.07, 6.45) is 0.810. The molecule has 1 heterocycles. The molecule has 0 bridgehead atoms. The van der Waals surface area contributed by atoms with Crippen molar-refractivity contribution < 1.29 is 9.53 Å². The lowest BCUT2D eigenvalue weighted by atomic mass is 10.1. The monoisotopic (exact) mass is 225 g/mol. The first-order chi connectivity index (χ1) is 7.31. The SMILES string of the molecule is O=C1NCc2ccc(OCCCCl)cc21. The lowest BCUT2D eigenvalue weighted by Crippen LogP contribution is -2.12. The van der Waals surface area contributed by atoms with Gasteiger partial charge in [-0.15, -0.1) is 11.6 Å². The Kier molecular flexibility index (Phi) is 3.11. The number of rotatable bonds is 4. The highest BCUT2D eigenvalue weighted by Crippen LogP contribution is 2.21. The zero-order valence-corrected chi connectivity index (χ0v) is 9.01. The number of halogens is 1. The molecule has 4 heteroatoms. The number of nitrogens with one attached hydrogen (secondary N) is 1. The van der Waals surface area contributed by atoms with Crippen LogP contribution in [0.5, 0.6) is 5.75 Å². The third-order valence-electron chi connectivity index (χ3n) is 2.31. The van der Waals surface area contributed by atoms with Gasteiger partial charge in [0.2, 0.25) is 0 Å². The van der Waals surface area contributed by atoms with Crippen LogP contribution in [-0.2, 0) is 6.54 Å². The first-order valence-electron chi connectivity index (χ1n) is 4.91. The van der Waals surface area contributed by atoms with Gasteiger partial charge < -0.3 is 10.1 Å². The highest BCUT2D eigenvalue weighted by Gasteiger charge is 2.18. The molecular formula is C11H12ClNO2. The maximum absolute atomic E-state index is 11.4. The summed E-state index contributed by atoms with van der Waals surface area (Å²) in [5.74, 6) is 1.30. The molecule has 0 radical (unpaired) electrons. The minimum absolute atomic E-state index is 0.0206. The van der Waals surface area contributed by atoms with E-state index < -0.39 is 0 Å². The van der Waals surface area contributed by atoms with E-state index in [1.807, 2.05) is 12.1 Å². The van der Waals surface area contributed by atoms with Crippen molar-refractivity contribution in [2.24, 2.45) is 0 Å². The van der Waals surface area contributed by atoms with E-state index >= 15 is 0 Å². The smallest absolute Gasteiger partial charge is 0.252 e. The molecule has 0 saturated carbocycles. The third-order valence-corrected chi connectivity index (χ3v) is 2.58. The Bertz CT molecular complexity index is 379. The molecule has 0 atom stereocenters. The summed E-state index contributed by atoms with van der Waals surface area (Å²) in [6, 6.07) is 5.59. The first-order valence-corrected chi connectivity index (χ1v) is 5.44. The summed E-state index contributed by atoms with van der Waals surface area (Å²) in [4.78, 5) is 11.4. The molecule has 3 nitrogen and oxygen atoms in total. The van der Waals surface area contributed by atoms with Gasteiger partial charge in [0, 0.05) is 18.0 Å². The number of ether oxygens (including phenoxy) is 1. The van der Waals surface area contributed by atoms with Crippen LogP contribution in [-0.4, -0.2) is 18.4 Å². The molecule has 0 unspecified atom stereocenters. The Labute approximate surface area is 93.4 Å². The quantitative estimate of drug-likeness (QED) is 0.628. The van der Waals surface area contributed by atoms with Gasteiger partial charge in [-0.3, -0.25) is 4.79 Å². The van der Waals surface area contributed by atoms with E-state index in [9.17, 15) is 4.79 Å². The minimum atomic E-state index is -0.0206. The van der Waals surface area contributed by atoms with Crippen LogP contribution in [0, 0.1) is 0 Å². The Morgan fingerprint density at radius 1 is 1.47 bits per heavy atom. The highest BCUT2D eigenvalue weighted by molar-refractivity contribution is 6.17. The number of hydrogen-bond acceptors (Lipinski definition) is 2. The van der Waals surface area contributed by atoms with E-state index in [2.05, 4.69) is 5.32 Å². The number of alkyl halides is 1. The van der Waals surface area contributed by atoms with Crippen molar-refractivity contribution in [1.82, 2.24) is 5.32 Å². The topological polar surface area (TPSA) is 38.3 Å². The van der Waals surface area contributed by atoms with Crippen molar-refractivity contribution in [3.05, 3.63) is 29.3 Å². The van der Waals surface area contributed by atoms with Crippen LogP contribution in [0.3, 0.4) is 0 Å². The van der Waals surface area contributed by atoms with Gasteiger partial charge >= 0.3 is 0 Å². The van der Waals surface area contributed by atoms with E-state index in [0.29, 0.717) is 19.0 Å². The maximum Gasteiger partial charge on any atom is 0.252 e. The van der Waals surface area contributed by atoms with Crippen molar-refractivity contribution in [3.8, 4) is 5.75 Å². The lowest BCUT2D eigenvalue weighted by molar-refractivity contribution is 0.0965. The van der Waals surface area contributed by atoms with E-state index in [1.165, 1.54) is 0 Å². The molecule has 15 heavy (non-hydrogen) atoms. The number of hydrogen-bond donors (Lipinski definition) is 1. The summed E-state index contributed by atoms with van der Waals surface area (Å²) in [5.41, 5.74) is 1.75. The van der Waals surface area contributed by atoms with Crippen molar-refractivity contribution in [3.63, 3.8) is 0 Å². The van der Waals surface area contributed by atoms with Crippen molar-refractivity contribution in [2.45, 2.75) is 13.0 Å². The second-order valence-electron chi connectivity index (χ2n) is 3.39. The second-order valence-corrected chi connectivity index (χ2v) is 3.77. The van der Waals surface area contributed by atoms with Crippen LogP contribution in [0.1, 0.15) is 22.3 Å². The molecule has 0 spiro atoms. The molecule has 1 N–H and O–H groups in total. The predicted molar refractivity (Wildman–Crippen MR) is 58.4 cm³/mol. The molecule has 1 aromatic carbocycles. The Balaban J connectivity index is 2.08. The molecule has 1 amide bonds. The van der Waals surface area contributed by atoms with Gasteiger partial charge in [-0.05, 0) is 24.1 Å². The standard InChI is InChI=1S/C11H12ClNO2/c12-4-1-5-15-9-3-2-8-7-13-11(14)10(8)6-9/h2-3,6H,1,4-5,7H2,(H,13,14). The molecule has 80 valence electrons. The van der Waals surface area contributed by atoms with E-state index in [-0.39, 0.29) is 5.91 Å². The van der Waals surface area contributed by atoms with Gasteiger partial charge in [0.25, 0.3) is 5.91 Å². The van der Waals surface area contributed by atoms with Gasteiger partial charge in [-0.25, -0.2) is 0 Å². The fraction of sp³-hybridized carbons (Fsp3) is 0.364. The average molecular weight is 226 g/mol. The molecule has 1 aliphatic rings. The van der Waals surface area contributed by atoms with Crippen molar-refractivity contribution >= 4 is 17.5 Å². The second kappa shape index (κ2) is 4.53. The minimum Gasteiger partial charge on any atom is -0.494 e. The van der Waals surface area contributed by atoms with Crippen molar-refractivity contribution in [1.29, 1.82) is 0 Å². The molecule has 2 rings (SSSR count). The molecule has 1 aliphatic heterocycles. The lowest BCUT2D eigenvalue weighted by Gasteiger charge is -2.05. The van der Waals surface area contributed by atoms with E-state index in [4.69, 9.17) is 16.3 Å². The summed E-state index contributed by atoms with van der Waals surface area (Å²) in [5, 5.41) is 2.76. The Hall–Kier alpha value is -1.22. The molecular weight excluding hydrogens is 214 g/mol. The molecule has 0 saturated heterocycles. The molecule has 0 aromatic heterocycles. The van der Waals surface area contributed by atoms with Gasteiger partial charge in [-0.2, -0.15) is 0 Å². The van der Waals surface area contributed by atoms with E-state index in [0.717, 1.165) is 23.3 Å². The number of carbonyl (C=O) groups excluding carboxylic acids is 1. The van der Waals surface area contributed by atoms with Gasteiger partial charge in [-0.1, -0.05) is 6.07 Å². The summed E-state index contributed by atoms with van der Waals surface area (Å²) in [7, 11) is 0. The largest absolute Gasteiger partial charge is 0.494 e. The van der Waals surface area contributed by atoms with Crippen molar-refractivity contribution in [2.75, 3.05) is 12.5 Å². The number of carbonyl (C=O) groups is 1. The summed E-state index contributed by atoms with van der Waals surface area (Å²) >= 11 is 5.54. The zero-order valence-electron chi connectivity index (χ0n) is 8.25.